The zero-order valence-electron chi connectivity index (χ0n) is 12.5. The zero-order chi connectivity index (χ0) is 13.0. The molecule has 0 radical (unpaired) electrons. The highest BCUT2D eigenvalue weighted by molar-refractivity contribution is 5.85. The third kappa shape index (κ3) is 5.98. The molecule has 1 atom stereocenters. The molecule has 1 aliphatic carbocycles. The Morgan fingerprint density at radius 1 is 1.20 bits per heavy atom. The van der Waals surface area contributed by atoms with Gasteiger partial charge in [0.15, 0.2) is 5.82 Å². The van der Waals surface area contributed by atoms with Crippen molar-refractivity contribution in [2.75, 3.05) is 0 Å². The van der Waals surface area contributed by atoms with Gasteiger partial charge in [-0.2, -0.15) is 5.10 Å². The predicted molar refractivity (Wildman–Crippen MR) is 87.5 cm³/mol. The summed E-state index contributed by atoms with van der Waals surface area (Å²) in [6.45, 7) is 4.37. The summed E-state index contributed by atoms with van der Waals surface area (Å²) in [5.74, 6) is 3.15. The molecular weight excluding hydrogens is 295 g/mol. The average Bonchev–Trinajstić information content (AvgIpc) is 2.78. The fourth-order valence-corrected chi connectivity index (χ4v) is 2.84. The minimum atomic E-state index is 0. The van der Waals surface area contributed by atoms with Gasteiger partial charge >= 0.3 is 0 Å². The standard InChI is InChI=1S/C14H26N4.2ClH/c1-10(2)8-13-16-14(18-17-13)12(15)9-11-6-4-3-5-7-11;;/h10-12H,3-9,15H2,1-2H3,(H,16,17,18);2*1H/t12-;;/m0../s1. The van der Waals surface area contributed by atoms with Crippen molar-refractivity contribution in [2.24, 2.45) is 17.6 Å². The molecule has 1 heterocycles. The summed E-state index contributed by atoms with van der Waals surface area (Å²) < 4.78 is 0. The normalized spacial score (nSPS) is 17.4. The second-order valence-corrected chi connectivity index (χ2v) is 6.08. The zero-order valence-corrected chi connectivity index (χ0v) is 14.1. The summed E-state index contributed by atoms with van der Waals surface area (Å²) >= 11 is 0. The van der Waals surface area contributed by atoms with Gasteiger partial charge in [-0.1, -0.05) is 46.0 Å². The molecule has 0 bridgehead atoms. The van der Waals surface area contributed by atoms with Gasteiger partial charge in [0.05, 0.1) is 6.04 Å². The lowest BCUT2D eigenvalue weighted by molar-refractivity contribution is 0.316. The summed E-state index contributed by atoms with van der Waals surface area (Å²) in [5, 5.41) is 7.29. The Kier molecular flexibility index (Phi) is 9.43. The maximum atomic E-state index is 6.22. The Hall–Kier alpha value is -0.320. The summed E-state index contributed by atoms with van der Waals surface area (Å²) in [6.07, 6.45) is 8.77. The van der Waals surface area contributed by atoms with Gasteiger partial charge in [0, 0.05) is 6.42 Å². The lowest BCUT2D eigenvalue weighted by Gasteiger charge is -2.23. The minimum Gasteiger partial charge on any atom is -0.321 e. The molecule has 0 spiro atoms. The number of hydrogen-bond acceptors (Lipinski definition) is 3. The Balaban J connectivity index is 0.00000180. The lowest BCUT2D eigenvalue weighted by Crippen LogP contribution is -2.18. The Morgan fingerprint density at radius 3 is 2.45 bits per heavy atom. The highest BCUT2D eigenvalue weighted by atomic mass is 35.5. The Labute approximate surface area is 134 Å². The van der Waals surface area contributed by atoms with Crippen molar-refractivity contribution in [3.63, 3.8) is 0 Å². The molecule has 3 N–H and O–H groups in total. The van der Waals surface area contributed by atoms with E-state index in [9.17, 15) is 0 Å². The van der Waals surface area contributed by atoms with E-state index < -0.39 is 0 Å². The summed E-state index contributed by atoms with van der Waals surface area (Å²) in [6, 6.07) is 0.00487. The molecule has 0 saturated heterocycles. The van der Waals surface area contributed by atoms with Crippen molar-refractivity contribution in [2.45, 2.75) is 64.8 Å². The van der Waals surface area contributed by atoms with Crippen LogP contribution in [0.5, 0.6) is 0 Å². The van der Waals surface area contributed by atoms with E-state index in [4.69, 9.17) is 5.73 Å². The number of hydrogen-bond donors (Lipinski definition) is 2. The van der Waals surface area contributed by atoms with E-state index in [2.05, 4.69) is 29.0 Å². The molecule has 0 aromatic carbocycles. The molecule has 2 rings (SSSR count). The first-order valence-electron chi connectivity index (χ1n) is 7.32. The molecule has 0 unspecified atom stereocenters. The van der Waals surface area contributed by atoms with Gasteiger partial charge in [-0.3, -0.25) is 5.10 Å². The van der Waals surface area contributed by atoms with Crippen molar-refractivity contribution in [3.8, 4) is 0 Å². The average molecular weight is 323 g/mol. The van der Waals surface area contributed by atoms with E-state index >= 15 is 0 Å². The molecule has 4 nitrogen and oxygen atoms in total. The molecular formula is C14H28Cl2N4. The van der Waals surface area contributed by atoms with Crippen LogP contribution < -0.4 is 5.73 Å². The lowest BCUT2D eigenvalue weighted by atomic mass is 9.85. The van der Waals surface area contributed by atoms with E-state index in [0.29, 0.717) is 5.92 Å². The van der Waals surface area contributed by atoms with Crippen molar-refractivity contribution >= 4 is 24.8 Å². The first-order valence-corrected chi connectivity index (χ1v) is 7.32. The number of nitrogens with zero attached hydrogens (tertiary/aromatic N) is 2. The van der Waals surface area contributed by atoms with Crippen molar-refractivity contribution in [1.82, 2.24) is 15.2 Å². The molecule has 1 aromatic rings. The second kappa shape index (κ2) is 9.59. The molecule has 1 aliphatic rings. The SMILES string of the molecule is CC(C)Cc1nc([C@@H](N)CC2CCCCC2)n[nH]1.Cl.Cl. The maximum absolute atomic E-state index is 6.22. The van der Waals surface area contributed by atoms with Crippen LogP contribution in [0.15, 0.2) is 0 Å². The van der Waals surface area contributed by atoms with Crippen molar-refractivity contribution < 1.29 is 0 Å². The summed E-state index contributed by atoms with van der Waals surface area (Å²) in [5.41, 5.74) is 6.22. The topological polar surface area (TPSA) is 67.6 Å². The van der Waals surface area contributed by atoms with Crippen LogP contribution >= 0.6 is 24.8 Å². The number of aromatic amines is 1. The monoisotopic (exact) mass is 322 g/mol. The van der Waals surface area contributed by atoms with Crippen LogP contribution in [0.1, 0.15) is 70.1 Å². The Morgan fingerprint density at radius 2 is 1.85 bits per heavy atom. The van der Waals surface area contributed by atoms with Crippen molar-refractivity contribution in [1.29, 1.82) is 0 Å². The van der Waals surface area contributed by atoms with Gasteiger partial charge in [0.25, 0.3) is 0 Å². The van der Waals surface area contributed by atoms with E-state index in [1.807, 2.05) is 0 Å². The molecule has 118 valence electrons. The number of nitrogens with one attached hydrogen (secondary N) is 1. The summed E-state index contributed by atoms with van der Waals surface area (Å²) in [4.78, 5) is 4.52. The van der Waals surface area contributed by atoms with Gasteiger partial charge in [0.2, 0.25) is 0 Å². The number of rotatable bonds is 5. The van der Waals surface area contributed by atoms with E-state index in [0.717, 1.165) is 30.4 Å². The minimum absolute atomic E-state index is 0. The second-order valence-electron chi connectivity index (χ2n) is 6.08. The Bertz CT molecular complexity index is 362. The van der Waals surface area contributed by atoms with Gasteiger partial charge in [-0.25, -0.2) is 4.98 Å². The fraction of sp³-hybridized carbons (Fsp3) is 0.857. The van der Waals surface area contributed by atoms with Crippen LogP contribution in [0.25, 0.3) is 0 Å². The first kappa shape index (κ1) is 19.7. The predicted octanol–water partition coefficient (Wildman–Crippen LogP) is 3.82. The van der Waals surface area contributed by atoms with Gasteiger partial charge in [-0.05, 0) is 18.3 Å². The molecule has 1 fully saturated rings. The van der Waals surface area contributed by atoms with Crippen LogP contribution in [-0.4, -0.2) is 15.2 Å². The molecule has 0 aliphatic heterocycles. The highest BCUT2D eigenvalue weighted by Gasteiger charge is 2.20. The highest BCUT2D eigenvalue weighted by Crippen LogP contribution is 2.29. The number of halogens is 2. The van der Waals surface area contributed by atoms with Crippen LogP contribution in [0.3, 0.4) is 0 Å². The smallest absolute Gasteiger partial charge is 0.167 e. The molecule has 20 heavy (non-hydrogen) atoms. The third-order valence-electron chi connectivity index (χ3n) is 3.79. The number of H-pyrrole nitrogens is 1. The van der Waals surface area contributed by atoms with Crippen LogP contribution in [-0.2, 0) is 6.42 Å². The van der Waals surface area contributed by atoms with E-state index in [1.165, 1.54) is 32.1 Å². The van der Waals surface area contributed by atoms with Gasteiger partial charge in [-0.15, -0.1) is 24.8 Å². The largest absolute Gasteiger partial charge is 0.321 e. The first-order chi connectivity index (χ1) is 8.65. The third-order valence-corrected chi connectivity index (χ3v) is 3.79. The van der Waals surface area contributed by atoms with Gasteiger partial charge < -0.3 is 5.73 Å². The number of nitrogens with two attached hydrogens (primary N) is 1. The molecule has 1 aromatic heterocycles. The fourth-order valence-electron chi connectivity index (χ4n) is 2.84. The molecule has 6 heteroatoms. The van der Waals surface area contributed by atoms with E-state index in [-0.39, 0.29) is 30.9 Å². The number of aromatic nitrogens is 3. The molecule has 1 saturated carbocycles. The van der Waals surface area contributed by atoms with Crippen LogP contribution in [0.2, 0.25) is 0 Å². The van der Waals surface area contributed by atoms with Crippen LogP contribution in [0.4, 0.5) is 0 Å². The summed E-state index contributed by atoms with van der Waals surface area (Å²) in [7, 11) is 0. The van der Waals surface area contributed by atoms with Crippen LogP contribution in [0, 0.1) is 11.8 Å². The molecule has 0 amide bonds. The quantitative estimate of drug-likeness (QED) is 0.865. The van der Waals surface area contributed by atoms with Gasteiger partial charge in [0.1, 0.15) is 5.82 Å². The van der Waals surface area contributed by atoms with E-state index in [1.54, 1.807) is 0 Å². The maximum Gasteiger partial charge on any atom is 0.167 e. The van der Waals surface area contributed by atoms with Crippen molar-refractivity contribution in [3.05, 3.63) is 11.6 Å².